The van der Waals surface area contributed by atoms with E-state index in [0.717, 1.165) is 11.5 Å². The van der Waals surface area contributed by atoms with Crippen LogP contribution in [-0.2, 0) is 16.6 Å². The van der Waals surface area contributed by atoms with Crippen LogP contribution in [0.1, 0.15) is 19.0 Å². The highest BCUT2D eigenvalue weighted by molar-refractivity contribution is 7.89. The lowest BCUT2D eigenvalue weighted by Gasteiger charge is -2.08. The van der Waals surface area contributed by atoms with E-state index in [1.807, 2.05) is 13.8 Å². The standard InChI is InChI=1S/C9H19N5O2S/c1-3-14-9(8(10)7(2)13-14)12-5-4-6-17(11,15)16/h12H,3-6,10H2,1-2H3,(H2,11,15,16). The first kappa shape index (κ1) is 13.8. The molecule has 0 radical (unpaired) electrons. The molecule has 17 heavy (non-hydrogen) atoms. The molecular weight excluding hydrogens is 242 g/mol. The summed E-state index contributed by atoms with van der Waals surface area (Å²) in [4.78, 5) is 0. The van der Waals surface area contributed by atoms with E-state index in [-0.39, 0.29) is 5.75 Å². The highest BCUT2D eigenvalue weighted by atomic mass is 32.2. The van der Waals surface area contributed by atoms with Gasteiger partial charge in [0, 0.05) is 13.1 Å². The predicted molar refractivity (Wildman–Crippen MR) is 68.1 cm³/mol. The van der Waals surface area contributed by atoms with Gasteiger partial charge < -0.3 is 11.1 Å². The van der Waals surface area contributed by atoms with E-state index in [0.29, 0.717) is 25.2 Å². The highest BCUT2D eigenvalue weighted by Gasteiger charge is 2.10. The number of anilines is 2. The Balaban J connectivity index is 2.57. The van der Waals surface area contributed by atoms with Crippen LogP contribution < -0.4 is 16.2 Å². The molecule has 0 spiro atoms. The number of nitrogens with two attached hydrogens (primary N) is 2. The van der Waals surface area contributed by atoms with Gasteiger partial charge >= 0.3 is 0 Å². The predicted octanol–water partition coefficient (Wildman–Crippen LogP) is -0.116. The maximum absolute atomic E-state index is 10.7. The maximum Gasteiger partial charge on any atom is 0.209 e. The van der Waals surface area contributed by atoms with Gasteiger partial charge in [0.15, 0.2) is 0 Å². The van der Waals surface area contributed by atoms with Gasteiger partial charge in [-0.3, -0.25) is 0 Å². The van der Waals surface area contributed by atoms with Crippen LogP contribution in [0.2, 0.25) is 0 Å². The van der Waals surface area contributed by atoms with Crippen molar-refractivity contribution in [1.29, 1.82) is 0 Å². The van der Waals surface area contributed by atoms with Crippen molar-refractivity contribution in [3.63, 3.8) is 0 Å². The molecule has 0 aliphatic rings. The first-order valence-electron chi connectivity index (χ1n) is 5.42. The Hall–Kier alpha value is -1.28. The molecule has 1 heterocycles. The van der Waals surface area contributed by atoms with E-state index in [9.17, 15) is 8.42 Å². The summed E-state index contributed by atoms with van der Waals surface area (Å²) in [6.45, 7) is 4.99. The maximum atomic E-state index is 10.7. The van der Waals surface area contributed by atoms with Crippen LogP contribution in [0.5, 0.6) is 0 Å². The van der Waals surface area contributed by atoms with Crippen LogP contribution >= 0.6 is 0 Å². The second-order valence-electron chi connectivity index (χ2n) is 3.81. The van der Waals surface area contributed by atoms with E-state index < -0.39 is 10.0 Å². The lowest BCUT2D eigenvalue weighted by atomic mass is 10.4. The number of nitrogens with zero attached hydrogens (tertiary/aromatic N) is 2. The molecule has 0 amide bonds. The Bertz CT molecular complexity index is 480. The molecule has 0 atom stereocenters. The molecule has 0 fully saturated rings. The second-order valence-corrected chi connectivity index (χ2v) is 5.54. The number of hydrogen-bond donors (Lipinski definition) is 3. The number of nitrogen functional groups attached to an aromatic ring is 1. The van der Waals surface area contributed by atoms with Gasteiger partial charge in [-0.25, -0.2) is 18.2 Å². The Morgan fingerprint density at radius 1 is 1.47 bits per heavy atom. The van der Waals surface area contributed by atoms with Gasteiger partial charge in [0.2, 0.25) is 10.0 Å². The van der Waals surface area contributed by atoms with Crippen molar-refractivity contribution < 1.29 is 8.42 Å². The summed E-state index contributed by atoms with van der Waals surface area (Å²) in [5.41, 5.74) is 7.22. The van der Waals surface area contributed by atoms with E-state index in [4.69, 9.17) is 10.9 Å². The van der Waals surface area contributed by atoms with Crippen LogP contribution in [0.25, 0.3) is 0 Å². The normalized spacial score (nSPS) is 11.7. The van der Waals surface area contributed by atoms with E-state index >= 15 is 0 Å². The third-order valence-electron chi connectivity index (χ3n) is 2.37. The molecule has 0 unspecified atom stereocenters. The number of rotatable bonds is 6. The van der Waals surface area contributed by atoms with Crippen LogP contribution in [0.4, 0.5) is 11.5 Å². The zero-order valence-corrected chi connectivity index (χ0v) is 10.9. The number of aryl methyl sites for hydroxylation is 2. The Kier molecular flexibility index (Phi) is 4.35. The molecule has 8 heteroatoms. The quantitative estimate of drug-likeness (QED) is 0.617. The summed E-state index contributed by atoms with van der Waals surface area (Å²) in [6, 6.07) is 0. The molecule has 0 aromatic carbocycles. The zero-order chi connectivity index (χ0) is 13.1. The van der Waals surface area contributed by atoms with Crippen LogP contribution in [0.15, 0.2) is 0 Å². The minimum Gasteiger partial charge on any atom is -0.394 e. The fourth-order valence-corrected chi connectivity index (χ4v) is 2.04. The molecule has 98 valence electrons. The van der Waals surface area contributed by atoms with Crippen LogP contribution in [0.3, 0.4) is 0 Å². The van der Waals surface area contributed by atoms with Gasteiger partial charge in [-0.1, -0.05) is 0 Å². The largest absolute Gasteiger partial charge is 0.394 e. The summed E-state index contributed by atoms with van der Waals surface area (Å²) in [5, 5.41) is 12.2. The average molecular weight is 261 g/mol. The van der Waals surface area contributed by atoms with Crippen LogP contribution in [0, 0.1) is 6.92 Å². The Morgan fingerprint density at radius 2 is 2.12 bits per heavy atom. The SMILES string of the molecule is CCn1nc(C)c(N)c1NCCCS(N)(=O)=O. The minimum atomic E-state index is -3.39. The molecule has 0 aliphatic carbocycles. The molecule has 0 saturated carbocycles. The van der Waals surface area contributed by atoms with Crippen LogP contribution in [-0.4, -0.2) is 30.5 Å². The number of aromatic nitrogens is 2. The topological polar surface area (TPSA) is 116 Å². The number of hydrogen-bond acceptors (Lipinski definition) is 5. The lowest BCUT2D eigenvalue weighted by molar-refractivity contribution is 0.595. The molecule has 0 saturated heterocycles. The summed E-state index contributed by atoms with van der Waals surface area (Å²) in [5.74, 6) is 0.693. The molecular formula is C9H19N5O2S. The summed E-state index contributed by atoms with van der Waals surface area (Å²) >= 11 is 0. The number of primary sulfonamides is 1. The molecule has 1 aromatic heterocycles. The molecule has 7 nitrogen and oxygen atoms in total. The first-order chi connectivity index (χ1) is 7.85. The van der Waals surface area contributed by atoms with Gasteiger partial charge in [0.05, 0.1) is 17.1 Å². The van der Waals surface area contributed by atoms with Gasteiger partial charge in [0.25, 0.3) is 0 Å². The third-order valence-corrected chi connectivity index (χ3v) is 3.23. The molecule has 5 N–H and O–H groups in total. The minimum absolute atomic E-state index is 0.0425. The van der Waals surface area contributed by atoms with Gasteiger partial charge in [-0.2, -0.15) is 5.10 Å². The molecule has 1 aromatic rings. The smallest absolute Gasteiger partial charge is 0.209 e. The lowest BCUT2D eigenvalue weighted by Crippen LogP contribution is -2.19. The van der Waals surface area contributed by atoms with Gasteiger partial charge in [-0.05, 0) is 20.3 Å². The number of sulfonamides is 1. The van der Waals surface area contributed by atoms with Crippen molar-refractivity contribution in [2.24, 2.45) is 5.14 Å². The molecule has 0 bridgehead atoms. The molecule has 0 aliphatic heterocycles. The van der Waals surface area contributed by atoms with E-state index in [1.54, 1.807) is 4.68 Å². The first-order valence-corrected chi connectivity index (χ1v) is 7.14. The monoisotopic (exact) mass is 261 g/mol. The number of nitrogens with one attached hydrogen (secondary N) is 1. The summed E-state index contributed by atoms with van der Waals surface area (Å²) < 4.78 is 23.2. The zero-order valence-electron chi connectivity index (χ0n) is 10.1. The van der Waals surface area contributed by atoms with Crippen molar-refractivity contribution in [3.05, 3.63) is 5.69 Å². The van der Waals surface area contributed by atoms with Gasteiger partial charge in [-0.15, -0.1) is 0 Å². The highest BCUT2D eigenvalue weighted by Crippen LogP contribution is 2.21. The van der Waals surface area contributed by atoms with Crippen molar-refractivity contribution >= 4 is 21.5 Å². The van der Waals surface area contributed by atoms with Crippen molar-refractivity contribution in [1.82, 2.24) is 9.78 Å². The fraction of sp³-hybridized carbons (Fsp3) is 0.667. The van der Waals surface area contributed by atoms with Crippen molar-refractivity contribution in [2.75, 3.05) is 23.3 Å². The van der Waals surface area contributed by atoms with E-state index in [1.165, 1.54) is 0 Å². The third kappa shape index (κ3) is 3.90. The Morgan fingerprint density at radius 3 is 2.65 bits per heavy atom. The fourth-order valence-electron chi connectivity index (χ4n) is 1.49. The van der Waals surface area contributed by atoms with Crippen molar-refractivity contribution in [3.8, 4) is 0 Å². The average Bonchev–Trinajstić information content (AvgIpc) is 2.49. The molecule has 1 rings (SSSR count). The van der Waals surface area contributed by atoms with Crippen molar-refractivity contribution in [2.45, 2.75) is 26.8 Å². The van der Waals surface area contributed by atoms with E-state index in [2.05, 4.69) is 10.4 Å². The second kappa shape index (κ2) is 5.37. The summed E-state index contributed by atoms with van der Waals surface area (Å²) in [7, 11) is -3.39. The Labute approximate surface area is 101 Å². The van der Waals surface area contributed by atoms with Gasteiger partial charge in [0.1, 0.15) is 5.82 Å². The summed E-state index contributed by atoms with van der Waals surface area (Å²) in [6.07, 6.45) is 0.437.